The summed E-state index contributed by atoms with van der Waals surface area (Å²) in [5.41, 5.74) is 1.22. The summed E-state index contributed by atoms with van der Waals surface area (Å²) in [7, 11) is 1.95. The number of aromatic nitrogens is 2. The van der Waals surface area contributed by atoms with E-state index in [4.69, 9.17) is 5.11 Å². The van der Waals surface area contributed by atoms with Gasteiger partial charge in [0.2, 0.25) is 0 Å². The lowest BCUT2D eigenvalue weighted by atomic mass is 10.0. The first-order valence-corrected chi connectivity index (χ1v) is 6.49. The summed E-state index contributed by atoms with van der Waals surface area (Å²) < 4.78 is 1.89. The van der Waals surface area contributed by atoms with Gasteiger partial charge in [0, 0.05) is 38.3 Å². The van der Waals surface area contributed by atoms with E-state index in [2.05, 4.69) is 17.3 Å². The highest BCUT2D eigenvalue weighted by atomic mass is 16.4. The number of nitrogens with one attached hydrogen (secondary N) is 1. The van der Waals surface area contributed by atoms with Gasteiger partial charge in [0.05, 0.1) is 0 Å². The van der Waals surface area contributed by atoms with Crippen LogP contribution in [0.1, 0.15) is 31.9 Å². The second kappa shape index (κ2) is 7.87. The fraction of sp³-hybridized carbons (Fsp3) is 0.692. The zero-order valence-electron chi connectivity index (χ0n) is 11.2. The van der Waals surface area contributed by atoms with Crippen LogP contribution in [0.2, 0.25) is 0 Å². The van der Waals surface area contributed by atoms with E-state index in [1.165, 1.54) is 5.69 Å². The zero-order valence-corrected chi connectivity index (χ0v) is 11.2. The largest absolute Gasteiger partial charge is 0.481 e. The second-order valence-corrected chi connectivity index (χ2v) is 4.77. The second-order valence-electron chi connectivity index (χ2n) is 4.77. The number of carboxylic acids is 1. The molecule has 1 rings (SSSR count). The standard InChI is InChI=1S/C13H23N3O2/c1-11(3-4-13(17)18)5-8-14-9-6-12-7-10-15-16(12)2/h7,10-11,14H,3-6,8-9H2,1-2H3,(H,17,18). The van der Waals surface area contributed by atoms with Crippen molar-refractivity contribution in [2.24, 2.45) is 13.0 Å². The molecular formula is C13H23N3O2. The molecule has 1 heterocycles. The third kappa shape index (κ3) is 5.82. The molecule has 0 aliphatic rings. The lowest BCUT2D eigenvalue weighted by Crippen LogP contribution is -2.21. The van der Waals surface area contributed by atoms with Crippen LogP contribution in [0, 0.1) is 5.92 Å². The quantitative estimate of drug-likeness (QED) is 0.654. The summed E-state index contributed by atoms with van der Waals surface area (Å²) in [6.45, 7) is 3.98. The van der Waals surface area contributed by atoms with Gasteiger partial charge in [-0.25, -0.2) is 0 Å². The first-order chi connectivity index (χ1) is 8.59. The van der Waals surface area contributed by atoms with E-state index >= 15 is 0 Å². The van der Waals surface area contributed by atoms with Gasteiger partial charge >= 0.3 is 5.97 Å². The van der Waals surface area contributed by atoms with Gasteiger partial charge < -0.3 is 10.4 Å². The molecule has 0 amide bonds. The molecule has 0 bridgehead atoms. The molecule has 1 atom stereocenters. The summed E-state index contributed by atoms with van der Waals surface area (Å²) in [6, 6.07) is 2.02. The number of hydrogen-bond donors (Lipinski definition) is 2. The van der Waals surface area contributed by atoms with E-state index in [1.54, 1.807) is 0 Å². The molecule has 2 N–H and O–H groups in total. The summed E-state index contributed by atoms with van der Waals surface area (Å²) in [5, 5.41) is 16.1. The van der Waals surface area contributed by atoms with Crippen LogP contribution in [0.5, 0.6) is 0 Å². The summed E-state index contributed by atoms with van der Waals surface area (Å²) in [4.78, 5) is 10.4. The maximum absolute atomic E-state index is 10.4. The smallest absolute Gasteiger partial charge is 0.303 e. The van der Waals surface area contributed by atoms with Crippen molar-refractivity contribution in [3.63, 3.8) is 0 Å². The number of carbonyl (C=O) groups is 1. The number of aryl methyl sites for hydroxylation is 1. The number of rotatable bonds is 9. The SMILES string of the molecule is CC(CCNCCc1ccnn1C)CCC(=O)O. The van der Waals surface area contributed by atoms with Gasteiger partial charge in [-0.3, -0.25) is 9.48 Å². The molecule has 0 radical (unpaired) electrons. The third-order valence-electron chi connectivity index (χ3n) is 3.15. The van der Waals surface area contributed by atoms with E-state index < -0.39 is 5.97 Å². The Bertz CT molecular complexity index is 363. The molecule has 1 unspecified atom stereocenters. The van der Waals surface area contributed by atoms with Gasteiger partial charge in [0.15, 0.2) is 0 Å². The molecule has 0 aromatic carbocycles. The molecule has 18 heavy (non-hydrogen) atoms. The topological polar surface area (TPSA) is 67.2 Å². The van der Waals surface area contributed by atoms with Crippen LogP contribution in [0.15, 0.2) is 12.3 Å². The van der Waals surface area contributed by atoms with Crippen molar-refractivity contribution >= 4 is 5.97 Å². The molecule has 0 aliphatic heterocycles. The maximum Gasteiger partial charge on any atom is 0.303 e. The monoisotopic (exact) mass is 253 g/mol. The van der Waals surface area contributed by atoms with Crippen LogP contribution in [0.4, 0.5) is 0 Å². The van der Waals surface area contributed by atoms with Gasteiger partial charge in [-0.15, -0.1) is 0 Å². The Labute approximate surface area is 108 Å². The Morgan fingerprint density at radius 3 is 2.89 bits per heavy atom. The fourth-order valence-electron chi connectivity index (χ4n) is 1.85. The van der Waals surface area contributed by atoms with Crippen LogP contribution in [-0.2, 0) is 18.3 Å². The Morgan fingerprint density at radius 1 is 1.50 bits per heavy atom. The highest BCUT2D eigenvalue weighted by molar-refractivity contribution is 5.66. The predicted octanol–water partition coefficient (Wildman–Crippen LogP) is 1.44. The molecule has 102 valence electrons. The Kier molecular flexibility index (Phi) is 6.43. The maximum atomic E-state index is 10.4. The average molecular weight is 253 g/mol. The molecule has 0 fully saturated rings. The van der Waals surface area contributed by atoms with Crippen LogP contribution in [-0.4, -0.2) is 33.9 Å². The van der Waals surface area contributed by atoms with E-state index in [0.717, 1.165) is 32.4 Å². The van der Waals surface area contributed by atoms with Crippen LogP contribution < -0.4 is 5.32 Å². The van der Waals surface area contributed by atoms with Crippen LogP contribution >= 0.6 is 0 Å². The van der Waals surface area contributed by atoms with Crippen molar-refractivity contribution < 1.29 is 9.90 Å². The van der Waals surface area contributed by atoms with Crippen molar-refractivity contribution in [1.29, 1.82) is 0 Å². The summed E-state index contributed by atoms with van der Waals surface area (Å²) in [6.07, 6.45) is 4.84. The number of hydrogen-bond acceptors (Lipinski definition) is 3. The average Bonchev–Trinajstić information content (AvgIpc) is 2.72. The molecule has 1 aromatic heterocycles. The minimum Gasteiger partial charge on any atom is -0.481 e. The lowest BCUT2D eigenvalue weighted by Gasteiger charge is -2.10. The molecule has 1 aromatic rings. The van der Waals surface area contributed by atoms with Crippen molar-refractivity contribution in [3.8, 4) is 0 Å². The Balaban J connectivity index is 2.01. The highest BCUT2D eigenvalue weighted by Gasteiger charge is 2.05. The summed E-state index contributed by atoms with van der Waals surface area (Å²) >= 11 is 0. The van der Waals surface area contributed by atoms with Crippen molar-refractivity contribution in [1.82, 2.24) is 15.1 Å². The minimum absolute atomic E-state index is 0.274. The molecule has 0 saturated carbocycles. The van der Waals surface area contributed by atoms with E-state index in [-0.39, 0.29) is 6.42 Å². The molecular weight excluding hydrogens is 230 g/mol. The number of carboxylic acid groups (broad SMARTS) is 1. The molecule has 5 nitrogen and oxygen atoms in total. The first-order valence-electron chi connectivity index (χ1n) is 6.49. The molecule has 0 saturated heterocycles. The van der Waals surface area contributed by atoms with Gasteiger partial charge in [0.1, 0.15) is 0 Å². The number of aliphatic carboxylic acids is 1. The third-order valence-corrected chi connectivity index (χ3v) is 3.15. The lowest BCUT2D eigenvalue weighted by molar-refractivity contribution is -0.137. The Morgan fingerprint density at radius 2 is 2.28 bits per heavy atom. The first kappa shape index (κ1) is 14.7. The van der Waals surface area contributed by atoms with E-state index in [0.29, 0.717) is 5.92 Å². The van der Waals surface area contributed by atoms with Gasteiger partial charge in [-0.2, -0.15) is 5.10 Å². The zero-order chi connectivity index (χ0) is 13.4. The van der Waals surface area contributed by atoms with E-state index in [9.17, 15) is 4.79 Å². The van der Waals surface area contributed by atoms with Gasteiger partial charge in [-0.05, 0) is 31.4 Å². The van der Waals surface area contributed by atoms with Gasteiger partial charge in [0.25, 0.3) is 0 Å². The van der Waals surface area contributed by atoms with Crippen LogP contribution in [0.25, 0.3) is 0 Å². The molecule has 5 heteroatoms. The van der Waals surface area contributed by atoms with Gasteiger partial charge in [-0.1, -0.05) is 6.92 Å². The number of nitrogens with zero attached hydrogens (tertiary/aromatic N) is 2. The highest BCUT2D eigenvalue weighted by Crippen LogP contribution is 2.09. The van der Waals surface area contributed by atoms with Crippen molar-refractivity contribution in [2.45, 2.75) is 32.6 Å². The fourth-order valence-corrected chi connectivity index (χ4v) is 1.85. The summed E-state index contributed by atoms with van der Waals surface area (Å²) in [5.74, 6) is -0.240. The minimum atomic E-state index is -0.703. The predicted molar refractivity (Wildman–Crippen MR) is 70.4 cm³/mol. The van der Waals surface area contributed by atoms with Crippen LogP contribution in [0.3, 0.4) is 0 Å². The molecule has 0 aliphatic carbocycles. The Hall–Kier alpha value is -1.36. The van der Waals surface area contributed by atoms with E-state index in [1.807, 2.05) is 24.0 Å². The van der Waals surface area contributed by atoms with Crippen molar-refractivity contribution in [2.75, 3.05) is 13.1 Å². The van der Waals surface area contributed by atoms with Crippen molar-refractivity contribution in [3.05, 3.63) is 18.0 Å². The normalized spacial score (nSPS) is 12.6. The molecule has 0 spiro atoms.